The average Bonchev–Trinajstić information content (AvgIpc) is 3.69. The summed E-state index contributed by atoms with van der Waals surface area (Å²) >= 11 is 0. The molecule has 0 spiro atoms. The lowest BCUT2D eigenvalue weighted by Crippen LogP contribution is -1.94. The normalized spacial score (nSPS) is 12.1. The standard InChI is InChI=1S/C54H38/c1-31-11-7-15-35(27-31)39-21-22-40(36-16-8-12-32(2)28-36)50-44-24-26-46-52-45(25-23-43(49(39)50)51(44)52)53-47(37-17-9-13-33(3)29-37)41-19-5-6-20-42(41)48(54(46)53)38-18-10-14-34(4)30-38/h5-30H,1-4H3. The van der Waals surface area contributed by atoms with Crippen LogP contribution in [0, 0.1) is 27.7 Å². The van der Waals surface area contributed by atoms with Crippen molar-refractivity contribution in [3.8, 4) is 89.0 Å². The molecule has 0 unspecified atom stereocenters. The lowest BCUT2D eigenvalue weighted by Gasteiger charge is -2.21. The van der Waals surface area contributed by atoms with Gasteiger partial charge in [-0.1, -0.05) is 180 Å². The molecule has 0 fully saturated rings. The predicted octanol–water partition coefficient (Wildman–Crippen LogP) is 15.2. The van der Waals surface area contributed by atoms with E-state index in [2.05, 4.69) is 185 Å². The molecule has 54 heavy (non-hydrogen) atoms. The molecule has 0 aliphatic heterocycles. The highest BCUT2D eigenvalue weighted by molar-refractivity contribution is 6.33. The molecule has 0 saturated heterocycles. The summed E-state index contributed by atoms with van der Waals surface area (Å²) in [5.41, 5.74) is 26.1. The summed E-state index contributed by atoms with van der Waals surface area (Å²) in [5.74, 6) is 0. The Bertz CT molecular complexity index is 2880. The Morgan fingerprint density at radius 3 is 0.926 bits per heavy atom. The van der Waals surface area contributed by atoms with Crippen molar-refractivity contribution in [1.82, 2.24) is 0 Å². The molecule has 11 rings (SSSR count). The number of rotatable bonds is 4. The molecule has 9 aromatic carbocycles. The van der Waals surface area contributed by atoms with Crippen LogP contribution in [-0.4, -0.2) is 0 Å². The Kier molecular flexibility index (Phi) is 6.61. The van der Waals surface area contributed by atoms with Crippen LogP contribution in [-0.2, 0) is 0 Å². The summed E-state index contributed by atoms with van der Waals surface area (Å²) in [5, 5.41) is 5.34. The molecule has 0 aromatic heterocycles. The lowest BCUT2D eigenvalue weighted by atomic mass is 9.82. The van der Waals surface area contributed by atoms with Crippen molar-refractivity contribution in [2.75, 3.05) is 0 Å². The molecule has 2 aliphatic rings. The molecule has 0 heteroatoms. The van der Waals surface area contributed by atoms with E-state index in [9.17, 15) is 0 Å². The first-order valence-corrected chi connectivity index (χ1v) is 19.1. The number of hydrogen-bond acceptors (Lipinski definition) is 0. The Morgan fingerprint density at radius 2 is 0.556 bits per heavy atom. The summed E-state index contributed by atoms with van der Waals surface area (Å²) in [4.78, 5) is 0. The molecule has 0 nitrogen and oxygen atoms in total. The second-order valence-electron chi connectivity index (χ2n) is 15.5. The maximum atomic E-state index is 2.44. The van der Waals surface area contributed by atoms with E-state index in [4.69, 9.17) is 0 Å². The summed E-state index contributed by atoms with van der Waals surface area (Å²) in [6, 6.07) is 59.8. The number of fused-ring (bicyclic) bond motifs is 7. The van der Waals surface area contributed by atoms with E-state index in [0.717, 1.165) is 0 Å². The highest BCUT2D eigenvalue weighted by Crippen LogP contribution is 2.63. The van der Waals surface area contributed by atoms with Crippen molar-refractivity contribution in [2.45, 2.75) is 27.7 Å². The van der Waals surface area contributed by atoms with Crippen molar-refractivity contribution in [3.05, 3.63) is 180 Å². The summed E-state index contributed by atoms with van der Waals surface area (Å²) < 4.78 is 0. The van der Waals surface area contributed by atoms with Crippen molar-refractivity contribution in [1.29, 1.82) is 0 Å². The minimum Gasteiger partial charge on any atom is -0.0616 e. The van der Waals surface area contributed by atoms with Crippen LogP contribution in [0.3, 0.4) is 0 Å². The Morgan fingerprint density at radius 1 is 0.241 bits per heavy atom. The zero-order valence-corrected chi connectivity index (χ0v) is 31.0. The minimum absolute atomic E-state index is 1.26. The molecule has 0 saturated carbocycles. The fraction of sp³-hybridized carbons (Fsp3) is 0.0741. The first-order chi connectivity index (χ1) is 26.4. The van der Waals surface area contributed by atoms with E-state index >= 15 is 0 Å². The van der Waals surface area contributed by atoms with E-state index in [-0.39, 0.29) is 0 Å². The van der Waals surface area contributed by atoms with Crippen LogP contribution < -0.4 is 0 Å². The number of aryl methyl sites for hydroxylation is 4. The van der Waals surface area contributed by atoms with E-state index in [1.54, 1.807) is 0 Å². The predicted molar refractivity (Wildman–Crippen MR) is 231 cm³/mol. The van der Waals surface area contributed by atoms with Crippen molar-refractivity contribution in [2.24, 2.45) is 0 Å². The SMILES string of the molecule is Cc1cccc(-c2ccc(-c3cccc(C)c3)c3c2-c2ccc4c5c(ccc-3c25)-c2c-4c(-c3cccc(C)c3)c3ccccc3c2-c2cccc(C)c2)c1. The van der Waals surface area contributed by atoms with Crippen LogP contribution in [0.2, 0.25) is 0 Å². The molecule has 2 aliphatic carbocycles. The van der Waals surface area contributed by atoms with Crippen LogP contribution in [0.4, 0.5) is 0 Å². The lowest BCUT2D eigenvalue weighted by molar-refractivity contribution is 1.46. The quantitative estimate of drug-likeness (QED) is 0.173. The Labute approximate surface area is 317 Å². The maximum Gasteiger partial charge on any atom is -0.000740 e. The minimum atomic E-state index is 1.26. The third kappa shape index (κ3) is 4.38. The fourth-order valence-electron chi connectivity index (χ4n) is 9.78. The van der Waals surface area contributed by atoms with Gasteiger partial charge >= 0.3 is 0 Å². The average molecular weight is 687 g/mol. The van der Waals surface area contributed by atoms with Gasteiger partial charge in [-0.05, 0) is 138 Å². The maximum absolute atomic E-state index is 2.44. The third-order valence-corrected chi connectivity index (χ3v) is 11.9. The van der Waals surface area contributed by atoms with Crippen molar-refractivity contribution < 1.29 is 0 Å². The van der Waals surface area contributed by atoms with Crippen LogP contribution in [0.5, 0.6) is 0 Å². The van der Waals surface area contributed by atoms with Gasteiger partial charge in [0.25, 0.3) is 0 Å². The van der Waals surface area contributed by atoms with Gasteiger partial charge in [-0.3, -0.25) is 0 Å². The van der Waals surface area contributed by atoms with Gasteiger partial charge in [-0.25, -0.2) is 0 Å². The molecule has 0 atom stereocenters. The molecule has 0 amide bonds. The molecule has 254 valence electrons. The fourth-order valence-corrected chi connectivity index (χ4v) is 9.78. The monoisotopic (exact) mass is 686 g/mol. The van der Waals surface area contributed by atoms with Crippen LogP contribution >= 0.6 is 0 Å². The van der Waals surface area contributed by atoms with Crippen molar-refractivity contribution >= 4 is 21.5 Å². The summed E-state index contributed by atoms with van der Waals surface area (Å²) in [6.07, 6.45) is 0. The zero-order valence-electron chi connectivity index (χ0n) is 31.0. The van der Waals surface area contributed by atoms with E-state index in [1.807, 2.05) is 0 Å². The van der Waals surface area contributed by atoms with Gasteiger partial charge < -0.3 is 0 Å². The molecular formula is C54H38. The third-order valence-electron chi connectivity index (χ3n) is 11.9. The van der Waals surface area contributed by atoms with Gasteiger partial charge in [0.1, 0.15) is 0 Å². The highest BCUT2D eigenvalue weighted by atomic mass is 14.4. The first-order valence-electron chi connectivity index (χ1n) is 19.1. The largest absolute Gasteiger partial charge is 0.0616 e. The zero-order chi connectivity index (χ0) is 36.2. The van der Waals surface area contributed by atoms with Gasteiger partial charge in [-0.2, -0.15) is 0 Å². The highest BCUT2D eigenvalue weighted by Gasteiger charge is 2.36. The number of benzene rings is 9. The van der Waals surface area contributed by atoms with E-state index in [0.29, 0.717) is 0 Å². The van der Waals surface area contributed by atoms with Crippen LogP contribution in [0.25, 0.3) is 111 Å². The van der Waals surface area contributed by atoms with E-state index in [1.165, 1.54) is 133 Å². The van der Waals surface area contributed by atoms with Crippen LogP contribution in [0.15, 0.2) is 158 Å². The molecule has 0 N–H and O–H groups in total. The van der Waals surface area contributed by atoms with Gasteiger partial charge in [0.05, 0.1) is 0 Å². The van der Waals surface area contributed by atoms with E-state index < -0.39 is 0 Å². The van der Waals surface area contributed by atoms with Gasteiger partial charge in [0.2, 0.25) is 0 Å². The number of hydrogen-bond donors (Lipinski definition) is 0. The smallest absolute Gasteiger partial charge is 0.000740 e. The van der Waals surface area contributed by atoms with Gasteiger partial charge in [0, 0.05) is 0 Å². The van der Waals surface area contributed by atoms with Gasteiger partial charge in [0.15, 0.2) is 0 Å². The molecule has 0 radical (unpaired) electrons. The molecular weight excluding hydrogens is 649 g/mol. The van der Waals surface area contributed by atoms with Crippen LogP contribution in [0.1, 0.15) is 22.3 Å². The molecule has 9 aromatic rings. The summed E-state index contributed by atoms with van der Waals surface area (Å²) in [6.45, 7) is 8.80. The topological polar surface area (TPSA) is 0 Å². The second kappa shape index (κ2) is 11.5. The summed E-state index contributed by atoms with van der Waals surface area (Å²) in [7, 11) is 0. The molecule has 0 bridgehead atoms. The van der Waals surface area contributed by atoms with Gasteiger partial charge in [-0.15, -0.1) is 0 Å². The molecule has 0 heterocycles. The Balaban J connectivity index is 1.30. The Hall–Kier alpha value is -6.50. The second-order valence-corrected chi connectivity index (χ2v) is 15.5. The van der Waals surface area contributed by atoms with Crippen molar-refractivity contribution in [3.63, 3.8) is 0 Å². The first kappa shape index (κ1) is 31.1.